The molecule has 0 amide bonds. The van der Waals surface area contributed by atoms with E-state index in [0.29, 0.717) is 0 Å². The summed E-state index contributed by atoms with van der Waals surface area (Å²) >= 11 is 0. The molecule has 0 saturated carbocycles. The predicted octanol–water partition coefficient (Wildman–Crippen LogP) is 0.708. The Bertz CT molecular complexity index is 629. The maximum absolute atomic E-state index is 11.7. The van der Waals surface area contributed by atoms with Gasteiger partial charge in [0.1, 0.15) is 6.10 Å². The zero-order valence-corrected chi connectivity index (χ0v) is 15.6. The second kappa shape index (κ2) is 9.43. The molecule has 0 aliphatic heterocycles. The van der Waals surface area contributed by atoms with E-state index in [1.165, 1.54) is 13.8 Å². The molecule has 0 fully saturated rings. The summed E-state index contributed by atoms with van der Waals surface area (Å²) in [6.45, 7) is 9.26. The topological polar surface area (TPSA) is 168 Å². The van der Waals surface area contributed by atoms with E-state index in [-0.39, 0.29) is 11.1 Å². The van der Waals surface area contributed by atoms with Gasteiger partial charge in [0.25, 0.3) is 0 Å². The van der Waals surface area contributed by atoms with Crippen molar-refractivity contribution in [2.45, 2.75) is 32.5 Å². The first kappa shape index (κ1) is 23.7. The Morgan fingerprint density at radius 3 is 1.60 bits per heavy atom. The summed E-state index contributed by atoms with van der Waals surface area (Å²) in [7, 11) is -9.21. The fourth-order valence-electron chi connectivity index (χ4n) is 1.56. The zero-order chi connectivity index (χ0) is 20.0. The van der Waals surface area contributed by atoms with E-state index in [1.54, 1.807) is 0 Å². The highest BCUT2D eigenvalue weighted by atomic mass is 31.2. The summed E-state index contributed by atoms with van der Waals surface area (Å²) in [5, 5.41) is 0. The first-order valence-corrected chi connectivity index (χ1v) is 10.5. The van der Waals surface area contributed by atoms with Crippen LogP contribution in [0.5, 0.6) is 0 Å². The van der Waals surface area contributed by atoms with Crippen molar-refractivity contribution in [2.24, 2.45) is 0 Å². The Labute approximate surface area is 144 Å². The molecule has 0 aliphatic rings. The van der Waals surface area contributed by atoms with Gasteiger partial charge in [-0.15, -0.1) is 0 Å². The van der Waals surface area contributed by atoms with Crippen molar-refractivity contribution < 1.29 is 47.8 Å². The Hall–Kier alpha value is -1.28. The van der Waals surface area contributed by atoms with Gasteiger partial charge in [0.15, 0.2) is 6.10 Å². The summed E-state index contributed by atoms with van der Waals surface area (Å²) in [4.78, 5) is 59.6. The molecular weight excluding hydrogens is 378 g/mol. The van der Waals surface area contributed by atoms with Crippen LogP contribution < -0.4 is 0 Å². The van der Waals surface area contributed by atoms with Crippen molar-refractivity contribution in [3.63, 3.8) is 0 Å². The minimum atomic E-state index is -4.71. The molecule has 0 aromatic carbocycles. The van der Waals surface area contributed by atoms with E-state index >= 15 is 0 Å². The van der Waals surface area contributed by atoms with Crippen LogP contribution in [0.4, 0.5) is 0 Å². The summed E-state index contributed by atoms with van der Waals surface area (Å²) in [5.74, 6) is -1.95. The van der Waals surface area contributed by atoms with Gasteiger partial charge in [0, 0.05) is 11.1 Å². The molecule has 12 heteroatoms. The van der Waals surface area contributed by atoms with Crippen LogP contribution in [0.2, 0.25) is 0 Å². The van der Waals surface area contributed by atoms with Gasteiger partial charge in [-0.1, -0.05) is 13.2 Å². The van der Waals surface area contributed by atoms with Crippen molar-refractivity contribution in [3.05, 3.63) is 24.3 Å². The number of esters is 2. The van der Waals surface area contributed by atoms with Gasteiger partial charge in [-0.05, 0) is 20.3 Å². The molecule has 144 valence electrons. The summed E-state index contributed by atoms with van der Waals surface area (Å²) < 4.78 is 32.2. The van der Waals surface area contributed by atoms with Crippen LogP contribution in [0.25, 0.3) is 0 Å². The maximum Gasteiger partial charge on any atom is 0.333 e. The van der Waals surface area contributed by atoms with E-state index in [9.17, 15) is 18.7 Å². The molecule has 0 saturated heterocycles. The van der Waals surface area contributed by atoms with Crippen molar-refractivity contribution in [2.75, 3.05) is 12.3 Å². The molecule has 0 bridgehead atoms. The monoisotopic (exact) mass is 400 g/mol. The first-order valence-electron chi connectivity index (χ1n) is 6.94. The molecule has 4 N–H and O–H groups in total. The van der Waals surface area contributed by atoms with Crippen LogP contribution >= 0.6 is 15.2 Å². The Morgan fingerprint density at radius 1 is 0.880 bits per heavy atom. The lowest BCUT2D eigenvalue weighted by Crippen LogP contribution is -2.39. The fourth-order valence-corrected chi connectivity index (χ4v) is 2.93. The molecule has 0 aliphatic carbocycles. The lowest BCUT2D eigenvalue weighted by molar-refractivity contribution is -0.161. The molecule has 10 nitrogen and oxygen atoms in total. The lowest BCUT2D eigenvalue weighted by atomic mass is 10.1. The number of ether oxygens (including phenoxy) is 2. The van der Waals surface area contributed by atoms with Gasteiger partial charge >= 0.3 is 27.1 Å². The molecule has 0 heterocycles. The van der Waals surface area contributed by atoms with E-state index < -0.39 is 58.1 Å². The number of hydrogen-bond donors (Lipinski definition) is 4. The standard InChI is InChI=1S/C13H22O10P2/c1-8(2)12(14)22-10(5-6-24(16,17)18)11(7-25(19,20)21)23-13(15)9(3)4/h10-11H,1,3,5-7H2,2,4H3,(H2,16,17,18)(H2,19,20,21). The van der Waals surface area contributed by atoms with Crippen LogP contribution in [0, 0.1) is 0 Å². The molecule has 0 rings (SSSR count). The normalized spacial score (nSPS) is 14.3. The van der Waals surface area contributed by atoms with Crippen LogP contribution in [0.1, 0.15) is 20.3 Å². The average molecular weight is 400 g/mol. The number of rotatable bonds is 10. The summed E-state index contributed by atoms with van der Waals surface area (Å²) in [5.41, 5.74) is -0.127. The summed E-state index contributed by atoms with van der Waals surface area (Å²) in [6.07, 6.45) is -5.35. The zero-order valence-electron chi connectivity index (χ0n) is 13.8. The molecule has 2 atom stereocenters. The molecule has 0 spiro atoms. The van der Waals surface area contributed by atoms with Crippen molar-refractivity contribution >= 4 is 27.1 Å². The van der Waals surface area contributed by atoms with Crippen LogP contribution in [-0.2, 0) is 28.2 Å². The van der Waals surface area contributed by atoms with Crippen molar-refractivity contribution in [1.82, 2.24) is 0 Å². The van der Waals surface area contributed by atoms with Crippen molar-refractivity contribution in [3.8, 4) is 0 Å². The number of carbonyl (C=O) groups excluding carboxylic acids is 2. The first-order chi connectivity index (χ1) is 11.1. The maximum atomic E-state index is 11.7. The molecule has 25 heavy (non-hydrogen) atoms. The SMILES string of the molecule is C=C(C)C(=O)OC(CCP(=O)(O)O)C(CP(=O)(O)O)OC(=O)C(=C)C. The quantitative estimate of drug-likeness (QED) is 0.233. The number of hydrogen-bond acceptors (Lipinski definition) is 6. The van der Waals surface area contributed by atoms with E-state index in [1.807, 2.05) is 0 Å². The second-order valence-corrected chi connectivity index (χ2v) is 8.94. The molecule has 0 aromatic rings. The fraction of sp³-hybridized carbons (Fsp3) is 0.538. The molecular formula is C13H22O10P2. The van der Waals surface area contributed by atoms with Crippen LogP contribution in [-0.4, -0.2) is 56.0 Å². The Kier molecular flexibility index (Phi) is 8.94. The lowest BCUT2D eigenvalue weighted by Gasteiger charge is -2.27. The van der Waals surface area contributed by atoms with Gasteiger partial charge in [-0.25, -0.2) is 9.59 Å². The number of carbonyl (C=O) groups is 2. The van der Waals surface area contributed by atoms with Crippen LogP contribution in [0.15, 0.2) is 24.3 Å². The molecule has 2 unspecified atom stereocenters. The second-order valence-electron chi connectivity index (χ2n) is 5.47. The minimum Gasteiger partial charge on any atom is -0.455 e. The highest BCUT2D eigenvalue weighted by Gasteiger charge is 2.36. The van der Waals surface area contributed by atoms with Crippen LogP contribution in [0.3, 0.4) is 0 Å². The smallest absolute Gasteiger partial charge is 0.333 e. The third-order valence-corrected chi connectivity index (χ3v) is 4.43. The third kappa shape index (κ3) is 11.0. The van der Waals surface area contributed by atoms with E-state index in [2.05, 4.69) is 13.2 Å². The summed E-state index contributed by atoms with van der Waals surface area (Å²) in [6, 6.07) is 0. The molecule has 0 aromatic heterocycles. The molecule has 0 radical (unpaired) electrons. The van der Waals surface area contributed by atoms with E-state index in [4.69, 9.17) is 29.0 Å². The van der Waals surface area contributed by atoms with Gasteiger partial charge in [0.2, 0.25) is 0 Å². The Balaban J connectivity index is 5.58. The Morgan fingerprint density at radius 2 is 1.28 bits per heavy atom. The third-order valence-electron chi connectivity index (χ3n) is 2.75. The highest BCUT2D eigenvalue weighted by Crippen LogP contribution is 2.40. The highest BCUT2D eigenvalue weighted by molar-refractivity contribution is 7.52. The minimum absolute atomic E-state index is 0.0534. The van der Waals surface area contributed by atoms with Gasteiger partial charge < -0.3 is 29.0 Å². The van der Waals surface area contributed by atoms with E-state index in [0.717, 1.165) is 0 Å². The van der Waals surface area contributed by atoms with Gasteiger partial charge in [-0.3, -0.25) is 9.13 Å². The van der Waals surface area contributed by atoms with Gasteiger partial charge in [0.05, 0.1) is 12.3 Å². The average Bonchev–Trinajstić information content (AvgIpc) is 2.39. The van der Waals surface area contributed by atoms with Gasteiger partial charge in [-0.2, -0.15) is 0 Å². The largest absolute Gasteiger partial charge is 0.455 e. The van der Waals surface area contributed by atoms with Crippen molar-refractivity contribution in [1.29, 1.82) is 0 Å². The predicted molar refractivity (Wildman–Crippen MR) is 87.8 cm³/mol.